The quantitative estimate of drug-likeness (QED) is 0.740. The number of aryl methyl sites for hydroxylation is 1. The van der Waals surface area contributed by atoms with Gasteiger partial charge in [0, 0.05) is 30.4 Å². The molecule has 0 radical (unpaired) electrons. The molecule has 28 heavy (non-hydrogen) atoms. The number of nitrogens with one attached hydrogen (secondary N) is 1. The van der Waals surface area contributed by atoms with Gasteiger partial charge in [-0.25, -0.2) is 4.79 Å². The zero-order valence-corrected chi connectivity index (χ0v) is 17.0. The van der Waals surface area contributed by atoms with Crippen LogP contribution >= 0.6 is 11.6 Å². The average molecular weight is 401 g/mol. The summed E-state index contributed by atoms with van der Waals surface area (Å²) in [5.74, 6) is -0.512. The maximum atomic E-state index is 12.6. The first kappa shape index (κ1) is 20.2. The van der Waals surface area contributed by atoms with E-state index in [2.05, 4.69) is 41.4 Å². The first-order valence-electron chi connectivity index (χ1n) is 9.57. The van der Waals surface area contributed by atoms with Gasteiger partial charge in [-0.1, -0.05) is 29.3 Å². The number of benzene rings is 2. The largest absolute Gasteiger partial charge is 0.462 e. The molecule has 0 unspecified atom stereocenters. The Balaban J connectivity index is 1.56. The van der Waals surface area contributed by atoms with Crippen LogP contribution in [0, 0.1) is 12.8 Å². The predicted molar refractivity (Wildman–Crippen MR) is 112 cm³/mol. The maximum absolute atomic E-state index is 12.6. The summed E-state index contributed by atoms with van der Waals surface area (Å²) in [5.41, 5.74) is 3.33. The Kier molecular flexibility index (Phi) is 6.57. The van der Waals surface area contributed by atoms with Crippen molar-refractivity contribution in [2.24, 2.45) is 5.92 Å². The van der Waals surface area contributed by atoms with Crippen molar-refractivity contribution in [2.45, 2.75) is 26.7 Å². The van der Waals surface area contributed by atoms with Crippen LogP contribution in [0.3, 0.4) is 0 Å². The molecule has 148 valence electrons. The molecule has 2 aromatic carbocycles. The Morgan fingerprint density at radius 1 is 1.14 bits per heavy atom. The Bertz CT molecular complexity index is 843. The summed E-state index contributed by atoms with van der Waals surface area (Å²) in [4.78, 5) is 26.8. The molecule has 0 bridgehead atoms. The molecular formula is C22H25ClN2O3. The van der Waals surface area contributed by atoms with Gasteiger partial charge in [-0.15, -0.1) is 0 Å². The van der Waals surface area contributed by atoms with Crippen molar-refractivity contribution >= 4 is 34.9 Å². The summed E-state index contributed by atoms with van der Waals surface area (Å²) < 4.78 is 4.96. The Morgan fingerprint density at radius 3 is 2.43 bits per heavy atom. The normalized spacial score (nSPS) is 14.6. The van der Waals surface area contributed by atoms with E-state index in [0.29, 0.717) is 11.3 Å². The van der Waals surface area contributed by atoms with E-state index >= 15 is 0 Å². The highest BCUT2D eigenvalue weighted by atomic mass is 35.5. The van der Waals surface area contributed by atoms with E-state index in [-0.39, 0.29) is 23.5 Å². The third kappa shape index (κ3) is 4.84. The van der Waals surface area contributed by atoms with E-state index in [1.54, 1.807) is 25.1 Å². The lowest BCUT2D eigenvalue weighted by Gasteiger charge is -2.33. The maximum Gasteiger partial charge on any atom is 0.339 e. The van der Waals surface area contributed by atoms with Crippen molar-refractivity contribution in [1.82, 2.24) is 0 Å². The van der Waals surface area contributed by atoms with E-state index in [1.807, 2.05) is 0 Å². The summed E-state index contributed by atoms with van der Waals surface area (Å²) in [7, 11) is 0. The van der Waals surface area contributed by atoms with Gasteiger partial charge in [0.1, 0.15) is 0 Å². The van der Waals surface area contributed by atoms with Crippen molar-refractivity contribution in [3.8, 4) is 0 Å². The van der Waals surface area contributed by atoms with E-state index in [4.69, 9.17) is 16.3 Å². The van der Waals surface area contributed by atoms with Crippen LogP contribution in [0.4, 0.5) is 11.4 Å². The number of hydrogen-bond acceptors (Lipinski definition) is 4. The Hall–Kier alpha value is -2.53. The van der Waals surface area contributed by atoms with Crippen LogP contribution in [0.2, 0.25) is 5.02 Å². The van der Waals surface area contributed by atoms with Gasteiger partial charge >= 0.3 is 5.97 Å². The number of carbonyl (C=O) groups is 2. The fourth-order valence-electron chi connectivity index (χ4n) is 3.37. The summed E-state index contributed by atoms with van der Waals surface area (Å²) >= 11 is 6.17. The fraction of sp³-hybridized carbons (Fsp3) is 0.364. The zero-order valence-electron chi connectivity index (χ0n) is 16.2. The fourth-order valence-corrected chi connectivity index (χ4v) is 3.62. The van der Waals surface area contributed by atoms with Crippen molar-refractivity contribution in [3.05, 3.63) is 58.6 Å². The lowest BCUT2D eigenvalue weighted by molar-refractivity contribution is -0.120. The number of anilines is 2. The number of hydrogen-bond donors (Lipinski definition) is 1. The Morgan fingerprint density at radius 2 is 1.82 bits per heavy atom. The highest BCUT2D eigenvalue weighted by molar-refractivity contribution is 6.34. The van der Waals surface area contributed by atoms with Crippen LogP contribution in [-0.2, 0) is 9.53 Å². The van der Waals surface area contributed by atoms with Gasteiger partial charge in [0.15, 0.2) is 0 Å². The van der Waals surface area contributed by atoms with Crippen LogP contribution in [0.25, 0.3) is 0 Å². The van der Waals surface area contributed by atoms with Crippen molar-refractivity contribution < 1.29 is 14.3 Å². The number of esters is 1. The zero-order chi connectivity index (χ0) is 20.1. The number of piperidine rings is 1. The van der Waals surface area contributed by atoms with Crippen LogP contribution in [0.1, 0.15) is 35.7 Å². The molecule has 0 saturated carbocycles. The molecule has 0 aliphatic carbocycles. The van der Waals surface area contributed by atoms with Crippen LogP contribution in [0.15, 0.2) is 42.5 Å². The molecule has 0 aromatic heterocycles. The SMILES string of the molecule is CCOC(=O)c1ccc(NC(=O)C2CCN(c3ccc(C)cc3)CC2)cc1Cl. The molecule has 0 spiro atoms. The van der Waals surface area contributed by atoms with Crippen molar-refractivity contribution in [3.63, 3.8) is 0 Å². The predicted octanol–water partition coefficient (Wildman–Crippen LogP) is 4.68. The third-order valence-corrected chi connectivity index (χ3v) is 5.31. The monoisotopic (exact) mass is 400 g/mol. The van der Waals surface area contributed by atoms with E-state index in [0.717, 1.165) is 25.9 Å². The average Bonchev–Trinajstić information content (AvgIpc) is 2.69. The minimum Gasteiger partial charge on any atom is -0.462 e. The molecule has 1 N–H and O–H groups in total. The van der Waals surface area contributed by atoms with E-state index in [1.165, 1.54) is 11.3 Å². The number of carbonyl (C=O) groups excluding carboxylic acids is 2. The number of ether oxygens (including phenoxy) is 1. The van der Waals surface area contributed by atoms with Gasteiger partial charge < -0.3 is 15.0 Å². The molecule has 1 heterocycles. The minimum absolute atomic E-state index is 0.0106. The highest BCUT2D eigenvalue weighted by Gasteiger charge is 2.25. The van der Waals surface area contributed by atoms with E-state index in [9.17, 15) is 9.59 Å². The molecule has 6 heteroatoms. The lowest BCUT2D eigenvalue weighted by Crippen LogP contribution is -2.38. The number of halogens is 1. The van der Waals surface area contributed by atoms with Gasteiger partial charge in [0.2, 0.25) is 5.91 Å². The van der Waals surface area contributed by atoms with Crippen molar-refractivity contribution in [2.75, 3.05) is 29.9 Å². The minimum atomic E-state index is -0.464. The third-order valence-electron chi connectivity index (χ3n) is 5.00. The second kappa shape index (κ2) is 9.11. The molecule has 3 rings (SSSR count). The second-order valence-corrected chi connectivity index (χ2v) is 7.41. The summed E-state index contributed by atoms with van der Waals surface area (Å²) in [6.07, 6.45) is 1.60. The molecule has 1 amide bonds. The van der Waals surface area contributed by atoms with Gasteiger partial charge in [-0.3, -0.25) is 4.79 Å². The molecule has 0 atom stereocenters. The second-order valence-electron chi connectivity index (χ2n) is 7.00. The first-order chi connectivity index (χ1) is 13.5. The number of rotatable bonds is 5. The van der Waals surface area contributed by atoms with Gasteiger partial charge in [0.25, 0.3) is 0 Å². The summed E-state index contributed by atoms with van der Waals surface area (Å²) in [6, 6.07) is 13.3. The first-order valence-corrected chi connectivity index (χ1v) is 9.95. The van der Waals surface area contributed by atoms with Gasteiger partial charge in [0.05, 0.1) is 17.2 Å². The molecule has 5 nitrogen and oxygen atoms in total. The van der Waals surface area contributed by atoms with E-state index < -0.39 is 5.97 Å². The standard InChI is InChI=1S/C22H25ClN2O3/c1-3-28-22(27)19-9-6-17(14-20(19)23)24-21(26)16-10-12-25(13-11-16)18-7-4-15(2)5-8-18/h4-9,14,16H,3,10-13H2,1-2H3,(H,24,26). The Labute approximate surface area is 170 Å². The topological polar surface area (TPSA) is 58.6 Å². The smallest absolute Gasteiger partial charge is 0.339 e. The molecule has 1 aliphatic rings. The van der Waals surface area contributed by atoms with Gasteiger partial charge in [-0.2, -0.15) is 0 Å². The summed E-state index contributed by atoms with van der Waals surface area (Å²) in [6.45, 7) is 5.80. The van der Waals surface area contributed by atoms with Crippen molar-refractivity contribution in [1.29, 1.82) is 0 Å². The number of nitrogens with zero attached hydrogens (tertiary/aromatic N) is 1. The number of amides is 1. The molecule has 1 saturated heterocycles. The lowest BCUT2D eigenvalue weighted by atomic mass is 9.95. The highest BCUT2D eigenvalue weighted by Crippen LogP contribution is 2.26. The molecule has 1 fully saturated rings. The van der Waals surface area contributed by atoms with Gasteiger partial charge in [-0.05, 0) is 57.0 Å². The van der Waals surface area contributed by atoms with Crippen LogP contribution < -0.4 is 10.2 Å². The molecule has 1 aliphatic heterocycles. The van der Waals surface area contributed by atoms with Crippen LogP contribution in [0.5, 0.6) is 0 Å². The van der Waals surface area contributed by atoms with Crippen LogP contribution in [-0.4, -0.2) is 31.6 Å². The molecule has 2 aromatic rings. The summed E-state index contributed by atoms with van der Waals surface area (Å²) in [5, 5.41) is 3.19. The molecular weight excluding hydrogens is 376 g/mol.